The minimum Gasteiger partial charge on any atom is -0.465 e. The fourth-order valence-electron chi connectivity index (χ4n) is 2.41. The van der Waals surface area contributed by atoms with E-state index in [0.29, 0.717) is 5.56 Å². The number of aryl methyl sites for hydroxylation is 2. The maximum absolute atomic E-state index is 12.4. The van der Waals surface area contributed by atoms with Crippen LogP contribution >= 0.6 is 0 Å². The van der Waals surface area contributed by atoms with Crippen LogP contribution in [0.1, 0.15) is 21.5 Å². The number of anilines is 1. The zero-order valence-corrected chi connectivity index (χ0v) is 15.5. The predicted octanol–water partition coefficient (Wildman–Crippen LogP) is 2.01. The molecule has 0 fully saturated rings. The lowest BCUT2D eigenvalue weighted by atomic mass is 10.2. The molecule has 0 aliphatic heterocycles. The molecular formula is C18H20N2O5S. The van der Waals surface area contributed by atoms with Crippen LogP contribution in [-0.2, 0) is 19.6 Å². The second-order valence-corrected chi connectivity index (χ2v) is 7.41. The van der Waals surface area contributed by atoms with Crippen molar-refractivity contribution in [1.29, 1.82) is 0 Å². The van der Waals surface area contributed by atoms with Crippen molar-refractivity contribution in [2.24, 2.45) is 0 Å². The number of sulfonamides is 1. The molecule has 0 aromatic heterocycles. The van der Waals surface area contributed by atoms with Gasteiger partial charge < -0.3 is 10.1 Å². The highest BCUT2D eigenvalue weighted by Gasteiger charge is 2.19. The number of carbonyl (C=O) groups excluding carboxylic acids is 2. The lowest BCUT2D eigenvalue weighted by molar-refractivity contribution is -0.115. The molecule has 2 aromatic carbocycles. The predicted molar refractivity (Wildman–Crippen MR) is 97.5 cm³/mol. The molecule has 2 aromatic rings. The van der Waals surface area contributed by atoms with E-state index in [-0.39, 0.29) is 16.1 Å². The SMILES string of the molecule is COC(=O)c1ccccc1NC(=O)CNS(=O)(=O)c1ccc(C)cc1C. The molecule has 0 saturated heterocycles. The monoisotopic (exact) mass is 376 g/mol. The summed E-state index contributed by atoms with van der Waals surface area (Å²) < 4.78 is 31.7. The van der Waals surface area contributed by atoms with Crippen LogP contribution in [0.3, 0.4) is 0 Å². The van der Waals surface area contributed by atoms with Crippen molar-refractivity contribution in [3.05, 3.63) is 59.2 Å². The summed E-state index contributed by atoms with van der Waals surface area (Å²) in [6.07, 6.45) is 0. The van der Waals surface area contributed by atoms with Gasteiger partial charge in [-0.1, -0.05) is 29.8 Å². The van der Waals surface area contributed by atoms with E-state index in [0.717, 1.165) is 5.56 Å². The van der Waals surface area contributed by atoms with Crippen LogP contribution < -0.4 is 10.0 Å². The zero-order valence-electron chi connectivity index (χ0n) is 14.7. The average Bonchev–Trinajstić information content (AvgIpc) is 2.59. The van der Waals surface area contributed by atoms with E-state index in [1.807, 2.05) is 6.92 Å². The molecule has 0 spiro atoms. The summed E-state index contributed by atoms with van der Waals surface area (Å²) in [5, 5.41) is 2.51. The van der Waals surface area contributed by atoms with Crippen molar-refractivity contribution >= 4 is 27.6 Å². The Balaban J connectivity index is 2.08. The van der Waals surface area contributed by atoms with E-state index in [2.05, 4.69) is 14.8 Å². The Hall–Kier alpha value is -2.71. The first-order valence-corrected chi connectivity index (χ1v) is 9.27. The second kappa shape index (κ2) is 8.11. The average molecular weight is 376 g/mol. The summed E-state index contributed by atoms with van der Waals surface area (Å²) >= 11 is 0. The van der Waals surface area contributed by atoms with Gasteiger partial charge in [0, 0.05) is 0 Å². The molecule has 2 N–H and O–H groups in total. The number of methoxy groups -OCH3 is 1. The minimum atomic E-state index is -3.83. The lowest BCUT2D eigenvalue weighted by Crippen LogP contribution is -2.33. The van der Waals surface area contributed by atoms with Gasteiger partial charge in [-0.2, -0.15) is 0 Å². The van der Waals surface area contributed by atoms with Gasteiger partial charge in [0.15, 0.2) is 0 Å². The molecule has 2 rings (SSSR count). The van der Waals surface area contributed by atoms with Gasteiger partial charge in [-0.25, -0.2) is 17.9 Å². The Kier molecular flexibility index (Phi) is 6.12. The number of para-hydroxylation sites is 1. The van der Waals surface area contributed by atoms with Gasteiger partial charge in [-0.15, -0.1) is 0 Å². The molecule has 1 amide bonds. The standard InChI is InChI=1S/C18H20N2O5S/c1-12-8-9-16(13(2)10-12)26(23,24)19-11-17(21)20-15-7-5-4-6-14(15)18(22)25-3/h4-10,19H,11H2,1-3H3,(H,20,21). The Labute approximate surface area is 152 Å². The zero-order chi connectivity index (χ0) is 19.3. The number of benzene rings is 2. The molecule has 138 valence electrons. The first-order valence-electron chi connectivity index (χ1n) is 7.78. The smallest absolute Gasteiger partial charge is 0.339 e. The summed E-state index contributed by atoms with van der Waals surface area (Å²) in [6, 6.07) is 11.2. The highest BCUT2D eigenvalue weighted by atomic mass is 32.2. The number of carbonyl (C=O) groups is 2. The van der Waals surface area contributed by atoms with Crippen molar-refractivity contribution in [2.45, 2.75) is 18.7 Å². The number of rotatable bonds is 6. The maximum atomic E-state index is 12.4. The first-order chi connectivity index (χ1) is 12.2. The molecule has 0 unspecified atom stereocenters. The van der Waals surface area contributed by atoms with Crippen molar-refractivity contribution in [3.63, 3.8) is 0 Å². The summed E-state index contributed by atoms with van der Waals surface area (Å²) in [4.78, 5) is 23.9. The van der Waals surface area contributed by atoms with Crippen LogP contribution in [0.15, 0.2) is 47.4 Å². The third kappa shape index (κ3) is 4.68. The van der Waals surface area contributed by atoms with Gasteiger partial charge in [0.1, 0.15) is 0 Å². The number of hydrogen-bond donors (Lipinski definition) is 2. The van der Waals surface area contributed by atoms with Crippen LogP contribution in [0.5, 0.6) is 0 Å². The van der Waals surface area contributed by atoms with E-state index >= 15 is 0 Å². The lowest BCUT2D eigenvalue weighted by Gasteiger charge is -2.12. The van der Waals surface area contributed by atoms with E-state index in [4.69, 9.17) is 0 Å². The van der Waals surface area contributed by atoms with Crippen LogP contribution in [-0.4, -0.2) is 33.9 Å². The summed E-state index contributed by atoms with van der Waals surface area (Å²) in [5.41, 5.74) is 1.96. The summed E-state index contributed by atoms with van der Waals surface area (Å²) in [6.45, 7) is 3.09. The quantitative estimate of drug-likeness (QED) is 0.751. The largest absolute Gasteiger partial charge is 0.465 e. The molecule has 7 nitrogen and oxygen atoms in total. The fourth-order valence-corrected chi connectivity index (χ4v) is 3.62. The summed E-state index contributed by atoms with van der Waals surface area (Å²) in [7, 11) is -2.59. The Morgan fingerprint density at radius 1 is 1.08 bits per heavy atom. The minimum absolute atomic E-state index is 0.117. The van der Waals surface area contributed by atoms with Crippen molar-refractivity contribution < 1.29 is 22.7 Å². The third-order valence-electron chi connectivity index (χ3n) is 3.65. The number of hydrogen-bond acceptors (Lipinski definition) is 5. The number of esters is 1. The molecule has 0 atom stereocenters. The van der Waals surface area contributed by atoms with Gasteiger partial charge in [0.25, 0.3) is 0 Å². The third-order valence-corrected chi connectivity index (χ3v) is 5.21. The summed E-state index contributed by atoms with van der Waals surface area (Å²) in [5.74, 6) is -1.20. The Morgan fingerprint density at radius 2 is 1.77 bits per heavy atom. The molecule has 0 saturated carbocycles. The molecule has 0 radical (unpaired) electrons. The molecule has 0 bridgehead atoms. The Bertz CT molecular complexity index is 938. The van der Waals surface area contributed by atoms with Gasteiger partial charge in [-0.3, -0.25) is 4.79 Å². The molecule has 0 heterocycles. The van der Waals surface area contributed by atoms with Gasteiger partial charge in [-0.05, 0) is 37.6 Å². The molecule has 0 aliphatic rings. The molecule has 0 aliphatic carbocycles. The van der Waals surface area contributed by atoms with E-state index in [1.54, 1.807) is 31.2 Å². The number of ether oxygens (including phenoxy) is 1. The van der Waals surface area contributed by atoms with Crippen LogP contribution in [0.4, 0.5) is 5.69 Å². The molecular weight excluding hydrogens is 356 g/mol. The second-order valence-electron chi connectivity index (χ2n) is 5.68. The van der Waals surface area contributed by atoms with Crippen LogP contribution in [0, 0.1) is 13.8 Å². The topological polar surface area (TPSA) is 102 Å². The van der Waals surface area contributed by atoms with Gasteiger partial charge >= 0.3 is 5.97 Å². The Morgan fingerprint density at radius 3 is 2.42 bits per heavy atom. The van der Waals surface area contributed by atoms with Gasteiger partial charge in [0.2, 0.25) is 15.9 Å². The van der Waals surface area contributed by atoms with E-state index in [9.17, 15) is 18.0 Å². The van der Waals surface area contributed by atoms with Crippen molar-refractivity contribution in [1.82, 2.24) is 4.72 Å². The van der Waals surface area contributed by atoms with Crippen LogP contribution in [0.25, 0.3) is 0 Å². The fraction of sp³-hybridized carbons (Fsp3) is 0.222. The van der Waals surface area contributed by atoms with E-state index in [1.165, 1.54) is 25.3 Å². The van der Waals surface area contributed by atoms with Crippen molar-refractivity contribution in [2.75, 3.05) is 19.0 Å². The van der Waals surface area contributed by atoms with Crippen molar-refractivity contribution in [3.8, 4) is 0 Å². The first kappa shape index (κ1) is 19.6. The molecule has 8 heteroatoms. The number of amides is 1. The van der Waals surface area contributed by atoms with Gasteiger partial charge in [0.05, 0.1) is 29.8 Å². The maximum Gasteiger partial charge on any atom is 0.339 e. The molecule has 26 heavy (non-hydrogen) atoms. The number of nitrogens with one attached hydrogen (secondary N) is 2. The normalized spacial score (nSPS) is 11.0. The highest BCUT2D eigenvalue weighted by molar-refractivity contribution is 7.89. The van der Waals surface area contributed by atoms with Crippen LogP contribution in [0.2, 0.25) is 0 Å². The van der Waals surface area contributed by atoms with E-state index < -0.39 is 28.4 Å². The highest BCUT2D eigenvalue weighted by Crippen LogP contribution is 2.17.